The fraction of sp³-hybridized carbons (Fsp3) is 0.263. The average Bonchev–Trinajstić information content (AvgIpc) is 2.61. The minimum atomic E-state index is -1.02. The van der Waals surface area contributed by atoms with Crippen molar-refractivity contribution in [2.45, 2.75) is 19.8 Å². The lowest BCUT2D eigenvalue weighted by molar-refractivity contribution is -0.116. The highest BCUT2D eigenvalue weighted by atomic mass is 19.2. The van der Waals surface area contributed by atoms with Crippen molar-refractivity contribution < 1.29 is 27.8 Å². The molecule has 0 aliphatic carbocycles. The van der Waals surface area contributed by atoms with Gasteiger partial charge in [-0.25, -0.2) is 8.78 Å². The normalized spacial score (nSPS) is 10.3. The van der Waals surface area contributed by atoms with Gasteiger partial charge in [-0.3, -0.25) is 9.59 Å². The van der Waals surface area contributed by atoms with Crippen LogP contribution in [0, 0.1) is 11.6 Å². The molecule has 0 bridgehead atoms. The van der Waals surface area contributed by atoms with E-state index in [4.69, 9.17) is 9.47 Å². The van der Waals surface area contributed by atoms with Crippen molar-refractivity contribution in [1.29, 1.82) is 0 Å². The predicted octanol–water partition coefficient (Wildman–Crippen LogP) is 3.97. The summed E-state index contributed by atoms with van der Waals surface area (Å²) in [4.78, 5) is 23.2. The van der Waals surface area contributed by atoms with Crippen LogP contribution in [0.4, 0.5) is 14.5 Å². The van der Waals surface area contributed by atoms with Gasteiger partial charge in [0.1, 0.15) is 0 Å². The van der Waals surface area contributed by atoms with Crippen molar-refractivity contribution in [2.24, 2.45) is 0 Å². The van der Waals surface area contributed by atoms with Gasteiger partial charge < -0.3 is 14.8 Å². The number of benzene rings is 2. The van der Waals surface area contributed by atoms with Gasteiger partial charge in [-0.15, -0.1) is 0 Å². The molecule has 0 radical (unpaired) electrons. The van der Waals surface area contributed by atoms with Crippen LogP contribution in [0.1, 0.15) is 30.1 Å². The molecular weight excluding hydrogens is 344 g/mol. The summed E-state index contributed by atoms with van der Waals surface area (Å²) < 4.78 is 36.7. The summed E-state index contributed by atoms with van der Waals surface area (Å²) in [5, 5.41) is 2.49. The Morgan fingerprint density at radius 3 is 2.46 bits per heavy atom. The zero-order valence-corrected chi connectivity index (χ0v) is 14.5. The Bertz CT molecular complexity index is 808. The number of hydrogen-bond acceptors (Lipinski definition) is 4. The van der Waals surface area contributed by atoms with Crippen molar-refractivity contribution >= 4 is 17.4 Å². The van der Waals surface area contributed by atoms with Gasteiger partial charge in [0, 0.05) is 23.7 Å². The van der Waals surface area contributed by atoms with Crippen molar-refractivity contribution in [3.05, 3.63) is 53.6 Å². The number of carbonyl (C=O) groups excluding carboxylic acids is 2. The van der Waals surface area contributed by atoms with E-state index in [1.165, 1.54) is 20.1 Å². The molecule has 7 heteroatoms. The van der Waals surface area contributed by atoms with E-state index >= 15 is 0 Å². The van der Waals surface area contributed by atoms with Gasteiger partial charge in [-0.1, -0.05) is 0 Å². The minimum Gasteiger partial charge on any atom is -0.493 e. The summed E-state index contributed by atoms with van der Waals surface area (Å²) in [6.45, 7) is 1.71. The van der Waals surface area contributed by atoms with Gasteiger partial charge in [-0.05, 0) is 43.7 Å². The molecule has 0 aliphatic heterocycles. The molecule has 1 N–H and O–H groups in total. The lowest BCUT2D eigenvalue weighted by atomic mass is 10.1. The van der Waals surface area contributed by atoms with Crippen LogP contribution in [-0.4, -0.2) is 25.4 Å². The highest BCUT2D eigenvalue weighted by Gasteiger charge is 2.09. The third kappa shape index (κ3) is 5.27. The first-order chi connectivity index (χ1) is 12.4. The number of methoxy groups -OCH3 is 1. The lowest BCUT2D eigenvalue weighted by Gasteiger charge is -2.11. The van der Waals surface area contributed by atoms with Crippen LogP contribution in [0.25, 0.3) is 0 Å². The highest BCUT2D eigenvalue weighted by molar-refractivity contribution is 5.94. The number of Topliss-reactive ketones (excluding diaryl/α,β-unsaturated/α-hetero) is 1. The van der Waals surface area contributed by atoms with Crippen molar-refractivity contribution in [1.82, 2.24) is 0 Å². The van der Waals surface area contributed by atoms with Crippen molar-refractivity contribution in [2.75, 3.05) is 19.0 Å². The van der Waals surface area contributed by atoms with Gasteiger partial charge >= 0.3 is 0 Å². The Balaban J connectivity index is 1.81. The summed E-state index contributed by atoms with van der Waals surface area (Å²) in [7, 11) is 1.47. The number of ether oxygens (including phenoxy) is 2. The topological polar surface area (TPSA) is 64.6 Å². The molecule has 0 aromatic heterocycles. The fourth-order valence-corrected chi connectivity index (χ4v) is 2.22. The molecule has 0 saturated carbocycles. The van der Waals surface area contributed by atoms with Crippen LogP contribution < -0.4 is 14.8 Å². The Morgan fingerprint density at radius 2 is 1.81 bits per heavy atom. The fourth-order valence-electron chi connectivity index (χ4n) is 2.22. The zero-order chi connectivity index (χ0) is 19.1. The molecule has 0 saturated heterocycles. The number of rotatable bonds is 8. The first kappa shape index (κ1) is 19.4. The van der Waals surface area contributed by atoms with Crippen LogP contribution in [0.3, 0.4) is 0 Å². The van der Waals surface area contributed by atoms with Crippen LogP contribution in [0.15, 0.2) is 36.4 Å². The smallest absolute Gasteiger partial charge is 0.224 e. The Labute approximate surface area is 149 Å². The van der Waals surface area contributed by atoms with Crippen LogP contribution in [-0.2, 0) is 4.79 Å². The SMILES string of the molecule is COc1cc(C(C)=O)ccc1OCCCC(=O)Nc1ccc(F)c(F)c1. The molecule has 1 amide bonds. The number of nitrogens with one attached hydrogen (secondary N) is 1. The summed E-state index contributed by atoms with van der Waals surface area (Å²) in [6.07, 6.45) is 0.556. The van der Waals surface area contributed by atoms with Crippen LogP contribution >= 0.6 is 0 Å². The molecule has 0 heterocycles. The van der Waals surface area contributed by atoms with E-state index in [0.717, 1.165) is 12.1 Å². The highest BCUT2D eigenvalue weighted by Crippen LogP contribution is 2.28. The minimum absolute atomic E-state index is 0.0799. The maximum atomic E-state index is 13.1. The molecule has 2 aromatic rings. The summed E-state index contributed by atoms with van der Waals surface area (Å²) in [6, 6.07) is 8.02. The van der Waals surface area contributed by atoms with E-state index in [0.29, 0.717) is 23.5 Å². The van der Waals surface area contributed by atoms with E-state index in [2.05, 4.69) is 5.32 Å². The standard InChI is InChI=1S/C19H19F2NO4/c1-12(23)13-5-8-17(18(10-13)25-2)26-9-3-4-19(24)22-14-6-7-15(20)16(21)11-14/h5-8,10-11H,3-4,9H2,1-2H3,(H,22,24). The molecule has 5 nitrogen and oxygen atoms in total. The molecule has 26 heavy (non-hydrogen) atoms. The average molecular weight is 363 g/mol. The molecule has 0 atom stereocenters. The van der Waals surface area contributed by atoms with Crippen LogP contribution in [0.2, 0.25) is 0 Å². The molecule has 138 valence electrons. The maximum Gasteiger partial charge on any atom is 0.224 e. The summed E-state index contributed by atoms with van der Waals surface area (Å²) >= 11 is 0. The number of ketones is 1. The monoisotopic (exact) mass is 363 g/mol. The van der Waals surface area contributed by atoms with E-state index < -0.39 is 11.6 Å². The predicted molar refractivity (Wildman–Crippen MR) is 92.7 cm³/mol. The second-order valence-electron chi connectivity index (χ2n) is 5.55. The summed E-state index contributed by atoms with van der Waals surface area (Å²) in [5.41, 5.74) is 0.705. The van der Waals surface area contributed by atoms with Gasteiger partial charge in [0.2, 0.25) is 5.91 Å². The first-order valence-corrected chi connectivity index (χ1v) is 7.97. The second kappa shape index (κ2) is 8.94. The second-order valence-corrected chi connectivity index (χ2v) is 5.55. The van der Waals surface area contributed by atoms with E-state index in [1.807, 2.05) is 0 Å². The number of hydrogen-bond donors (Lipinski definition) is 1. The number of carbonyl (C=O) groups is 2. The third-order valence-electron chi connectivity index (χ3n) is 3.58. The lowest BCUT2D eigenvalue weighted by Crippen LogP contribution is -2.13. The van der Waals surface area contributed by atoms with Crippen molar-refractivity contribution in [3.63, 3.8) is 0 Å². The Morgan fingerprint density at radius 1 is 1.04 bits per heavy atom. The third-order valence-corrected chi connectivity index (χ3v) is 3.58. The molecule has 0 fully saturated rings. The molecular formula is C19H19F2NO4. The molecule has 2 rings (SSSR count). The van der Waals surface area contributed by atoms with E-state index in [1.54, 1.807) is 18.2 Å². The molecule has 0 unspecified atom stereocenters. The van der Waals surface area contributed by atoms with Crippen LogP contribution in [0.5, 0.6) is 11.5 Å². The Kier molecular flexibility index (Phi) is 6.66. The number of anilines is 1. The largest absolute Gasteiger partial charge is 0.493 e. The van der Waals surface area contributed by atoms with Gasteiger partial charge in [0.25, 0.3) is 0 Å². The quantitative estimate of drug-likeness (QED) is 0.569. The molecule has 2 aromatic carbocycles. The maximum absolute atomic E-state index is 13.1. The Hall–Kier alpha value is -2.96. The summed E-state index contributed by atoms with van der Waals surface area (Å²) in [5.74, 6) is -1.50. The van der Waals surface area contributed by atoms with Gasteiger partial charge in [-0.2, -0.15) is 0 Å². The van der Waals surface area contributed by atoms with Gasteiger partial charge in [0.15, 0.2) is 28.9 Å². The van der Waals surface area contributed by atoms with Gasteiger partial charge in [0.05, 0.1) is 13.7 Å². The molecule has 0 spiro atoms. The van der Waals surface area contributed by atoms with Crippen molar-refractivity contribution in [3.8, 4) is 11.5 Å². The zero-order valence-electron chi connectivity index (χ0n) is 14.5. The number of amides is 1. The van der Waals surface area contributed by atoms with E-state index in [-0.39, 0.29) is 30.4 Å². The number of halogens is 2. The molecule has 0 aliphatic rings. The first-order valence-electron chi connectivity index (χ1n) is 7.97. The van der Waals surface area contributed by atoms with E-state index in [9.17, 15) is 18.4 Å².